The zero-order valence-corrected chi connectivity index (χ0v) is 18.6. The third-order valence-electron chi connectivity index (χ3n) is 5.75. The number of nitrogens with zero attached hydrogens (tertiary/aromatic N) is 7. The number of benzene rings is 1. The molecule has 2 aliphatic rings. The molecule has 0 unspecified atom stereocenters. The average Bonchev–Trinajstić information content (AvgIpc) is 3.39. The summed E-state index contributed by atoms with van der Waals surface area (Å²) in [7, 11) is -3.47. The second kappa shape index (κ2) is 7.93. The summed E-state index contributed by atoms with van der Waals surface area (Å²) in [5.41, 5.74) is 1.67. The third kappa shape index (κ3) is 3.63. The first kappa shape index (κ1) is 20.0. The van der Waals surface area contributed by atoms with Gasteiger partial charge < -0.3 is 4.57 Å². The van der Waals surface area contributed by atoms with E-state index in [0.717, 1.165) is 55.1 Å². The Labute approximate surface area is 179 Å². The molecule has 1 saturated heterocycles. The molecule has 3 aromatic rings. The molecule has 5 rings (SSSR count). The highest BCUT2D eigenvalue weighted by atomic mass is 32.2. The van der Waals surface area contributed by atoms with E-state index in [0.29, 0.717) is 35.3 Å². The number of hydrogen-bond acceptors (Lipinski definition) is 7. The van der Waals surface area contributed by atoms with Gasteiger partial charge in [-0.15, -0.1) is 5.10 Å². The van der Waals surface area contributed by atoms with E-state index in [1.165, 1.54) is 0 Å². The first-order valence-electron chi connectivity index (χ1n) is 10.5. The van der Waals surface area contributed by atoms with Gasteiger partial charge in [0, 0.05) is 19.6 Å². The molecule has 0 atom stereocenters. The topological polar surface area (TPSA) is 98.8 Å². The number of thioether (sulfide) groups is 1. The highest BCUT2D eigenvalue weighted by molar-refractivity contribution is 7.98. The second-order valence-corrected chi connectivity index (χ2v) is 10.7. The standard InChI is InChI=1S/C19H25N7O2S2/c1-2-25-17-9-8-15(30(27,28)24-10-4-3-5-11-24)12-16(17)20-18(25)13-29-19-21-22-23-26(19)14-6-7-14/h8-9,12,14H,2-7,10-11,13H2,1H3. The van der Waals surface area contributed by atoms with Crippen LogP contribution in [0.2, 0.25) is 0 Å². The van der Waals surface area contributed by atoms with Crippen molar-refractivity contribution in [3.63, 3.8) is 0 Å². The highest BCUT2D eigenvalue weighted by Crippen LogP contribution is 2.37. The van der Waals surface area contributed by atoms with Crippen molar-refractivity contribution in [2.75, 3.05) is 13.1 Å². The monoisotopic (exact) mass is 447 g/mol. The SMILES string of the molecule is CCn1c(CSc2nnnn2C2CC2)nc2cc(S(=O)(=O)N3CCCCC3)ccc21. The molecule has 0 spiro atoms. The largest absolute Gasteiger partial charge is 0.328 e. The molecule has 0 N–H and O–H groups in total. The Balaban J connectivity index is 1.42. The molecule has 160 valence electrons. The van der Waals surface area contributed by atoms with Crippen molar-refractivity contribution in [3.8, 4) is 0 Å². The average molecular weight is 448 g/mol. The quantitative estimate of drug-likeness (QED) is 0.514. The van der Waals surface area contributed by atoms with E-state index in [4.69, 9.17) is 4.98 Å². The molecule has 0 amide bonds. The molecular weight excluding hydrogens is 422 g/mol. The summed E-state index contributed by atoms with van der Waals surface area (Å²) in [5, 5.41) is 12.9. The number of tetrazole rings is 1. The molecule has 0 radical (unpaired) electrons. The number of aryl methyl sites for hydroxylation is 1. The summed E-state index contributed by atoms with van der Waals surface area (Å²) < 4.78 is 31.7. The van der Waals surface area contributed by atoms with Crippen LogP contribution >= 0.6 is 11.8 Å². The number of imidazole rings is 1. The Morgan fingerprint density at radius 1 is 1.17 bits per heavy atom. The van der Waals surface area contributed by atoms with Gasteiger partial charge in [-0.05, 0) is 61.2 Å². The summed E-state index contributed by atoms with van der Waals surface area (Å²) in [6, 6.07) is 5.74. The van der Waals surface area contributed by atoms with Crippen molar-refractivity contribution in [3.05, 3.63) is 24.0 Å². The maximum Gasteiger partial charge on any atom is 0.243 e. The molecule has 1 aliphatic heterocycles. The van der Waals surface area contributed by atoms with E-state index in [1.807, 2.05) is 10.7 Å². The number of hydrogen-bond donors (Lipinski definition) is 0. The van der Waals surface area contributed by atoms with E-state index in [1.54, 1.807) is 28.2 Å². The Hall–Kier alpha value is -1.98. The van der Waals surface area contributed by atoms with Gasteiger partial charge in [0.05, 0.1) is 27.7 Å². The first-order chi connectivity index (χ1) is 14.6. The van der Waals surface area contributed by atoms with Crippen molar-refractivity contribution in [1.82, 2.24) is 34.1 Å². The Morgan fingerprint density at radius 2 is 1.97 bits per heavy atom. The normalized spacial score (nSPS) is 18.3. The highest BCUT2D eigenvalue weighted by Gasteiger charge is 2.29. The molecule has 9 nitrogen and oxygen atoms in total. The fourth-order valence-electron chi connectivity index (χ4n) is 4.00. The third-order valence-corrected chi connectivity index (χ3v) is 8.58. The smallest absolute Gasteiger partial charge is 0.243 e. The van der Waals surface area contributed by atoms with Gasteiger partial charge >= 0.3 is 0 Å². The zero-order valence-electron chi connectivity index (χ0n) is 16.9. The lowest BCUT2D eigenvalue weighted by atomic mass is 10.2. The number of fused-ring (bicyclic) bond motifs is 1. The predicted octanol–water partition coefficient (Wildman–Crippen LogP) is 2.84. The molecule has 1 aromatic carbocycles. The fourth-order valence-corrected chi connectivity index (χ4v) is 6.42. The molecule has 11 heteroatoms. The van der Waals surface area contributed by atoms with Crippen LogP contribution in [0.15, 0.2) is 28.3 Å². The Morgan fingerprint density at radius 3 is 2.70 bits per heavy atom. The second-order valence-electron chi connectivity index (χ2n) is 7.81. The molecule has 30 heavy (non-hydrogen) atoms. The lowest BCUT2D eigenvalue weighted by Gasteiger charge is -2.25. The minimum atomic E-state index is -3.47. The van der Waals surface area contributed by atoms with Crippen LogP contribution in [0.25, 0.3) is 11.0 Å². The zero-order chi connectivity index (χ0) is 20.7. The number of aromatic nitrogens is 6. The lowest BCUT2D eigenvalue weighted by Crippen LogP contribution is -2.35. The summed E-state index contributed by atoms with van der Waals surface area (Å²) in [6.45, 7) is 4.03. The van der Waals surface area contributed by atoms with Gasteiger partial charge in [-0.2, -0.15) is 4.31 Å². The maximum atomic E-state index is 13.0. The van der Waals surface area contributed by atoms with E-state index in [9.17, 15) is 8.42 Å². The van der Waals surface area contributed by atoms with Gasteiger partial charge in [-0.25, -0.2) is 18.1 Å². The number of piperidine rings is 1. The lowest BCUT2D eigenvalue weighted by molar-refractivity contribution is 0.346. The molecule has 0 bridgehead atoms. The molecule has 1 saturated carbocycles. The van der Waals surface area contributed by atoms with Crippen molar-refractivity contribution >= 4 is 32.8 Å². The van der Waals surface area contributed by atoms with Crippen molar-refractivity contribution in [2.24, 2.45) is 0 Å². The van der Waals surface area contributed by atoms with Crippen molar-refractivity contribution in [2.45, 2.75) is 67.4 Å². The van der Waals surface area contributed by atoms with Gasteiger partial charge in [-0.1, -0.05) is 18.2 Å². The summed E-state index contributed by atoms with van der Waals surface area (Å²) >= 11 is 1.57. The van der Waals surface area contributed by atoms with Crippen LogP contribution in [-0.2, 0) is 22.3 Å². The van der Waals surface area contributed by atoms with Crippen molar-refractivity contribution in [1.29, 1.82) is 0 Å². The van der Waals surface area contributed by atoms with Gasteiger partial charge in [0.15, 0.2) is 0 Å². The van der Waals surface area contributed by atoms with E-state index in [-0.39, 0.29) is 0 Å². The molecule has 1 aliphatic carbocycles. The van der Waals surface area contributed by atoms with Crippen LogP contribution in [0.4, 0.5) is 0 Å². The van der Waals surface area contributed by atoms with Gasteiger partial charge in [-0.3, -0.25) is 0 Å². The minimum absolute atomic E-state index is 0.328. The van der Waals surface area contributed by atoms with Gasteiger partial charge in [0.1, 0.15) is 5.82 Å². The maximum absolute atomic E-state index is 13.0. The van der Waals surface area contributed by atoms with Crippen LogP contribution in [0, 0.1) is 0 Å². The van der Waals surface area contributed by atoms with Crippen LogP contribution < -0.4 is 0 Å². The predicted molar refractivity (Wildman–Crippen MR) is 114 cm³/mol. The Bertz CT molecular complexity index is 1160. The molecule has 2 aromatic heterocycles. The summed E-state index contributed by atoms with van der Waals surface area (Å²) in [5.74, 6) is 1.53. The molecule has 2 fully saturated rings. The van der Waals surface area contributed by atoms with E-state index < -0.39 is 10.0 Å². The molecule has 3 heterocycles. The fraction of sp³-hybridized carbons (Fsp3) is 0.579. The van der Waals surface area contributed by atoms with Crippen LogP contribution in [0.1, 0.15) is 50.9 Å². The van der Waals surface area contributed by atoms with E-state index in [2.05, 4.69) is 27.0 Å². The minimum Gasteiger partial charge on any atom is -0.328 e. The van der Waals surface area contributed by atoms with Gasteiger partial charge in [0.25, 0.3) is 0 Å². The van der Waals surface area contributed by atoms with Gasteiger partial charge in [0.2, 0.25) is 15.2 Å². The Kier molecular flexibility index (Phi) is 5.28. The summed E-state index contributed by atoms with van der Waals surface area (Å²) in [4.78, 5) is 5.10. The van der Waals surface area contributed by atoms with E-state index >= 15 is 0 Å². The number of sulfonamides is 1. The van der Waals surface area contributed by atoms with Crippen LogP contribution in [0.5, 0.6) is 0 Å². The first-order valence-corrected chi connectivity index (χ1v) is 12.9. The van der Waals surface area contributed by atoms with Crippen LogP contribution in [0.3, 0.4) is 0 Å². The number of rotatable bonds is 7. The summed E-state index contributed by atoms with van der Waals surface area (Å²) in [6.07, 6.45) is 5.19. The molecular formula is C19H25N7O2S2. The van der Waals surface area contributed by atoms with Crippen molar-refractivity contribution < 1.29 is 8.42 Å². The van der Waals surface area contributed by atoms with Crippen LogP contribution in [-0.4, -0.2) is 55.6 Å².